The quantitative estimate of drug-likeness (QED) is 0.280. The van der Waals surface area contributed by atoms with E-state index in [1.807, 2.05) is 24.3 Å². The van der Waals surface area contributed by atoms with Crippen molar-refractivity contribution in [3.8, 4) is 22.6 Å². The molecule has 0 aromatic heterocycles. The van der Waals surface area contributed by atoms with Gasteiger partial charge in [0.15, 0.2) is 0 Å². The first-order valence-corrected chi connectivity index (χ1v) is 16.3. The number of benzene rings is 3. The molecule has 3 aromatic rings. The van der Waals surface area contributed by atoms with E-state index in [1.165, 1.54) is 28.5 Å². The smallest absolute Gasteiger partial charge is 0.303 e. The number of aliphatic carboxylic acids is 1. The van der Waals surface area contributed by atoms with Gasteiger partial charge in [-0.15, -0.1) is 11.8 Å². The molecule has 3 aromatic carbocycles. The van der Waals surface area contributed by atoms with Crippen molar-refractivity contribution >= 4 is 27.6 Å². The molecule has 0 bridgehead atoms. The number of ether oxygens (including phenoxy) is 2. The first-order chi connectivity index (χ1) is 18.6. The van der Waals surface area contributed by atoms with Crippen LogP contribution in [0.15, 0.2) is 53.4 Å². The summed E-state index contributed by atoms with van der Waals surface area (Å²) in [6.45, 7) is 4.55. The van der Waals surface area contributed by atoms with Crippen LogP contribution in [0.25, 0.3) is 11.1 Å². The van der Waals surface area contributed by atoms with Crippen molar-refractivity contribution < 1.29 is 27.8 Å². The van der Waals surface area contributed by atoms with E-state index in [2.05, 4.69) is 38.1 Å². The second-order valence-electron chi connectivity index (χ2n) is 10.6. The van der Waals surface area contributed by atoms with Crippen LogP contribution in [-0.4, -0.2) is 43.9 Å². The molecule has 0 fully saturated rings. The third-order valence-electron chi connectivity index (χ3n) is 7.48. The highest BCUT2D eigenvalue weighted by atomic mass is 32.2. The topological polar surface area (TPSA) is 89.9 Å². The van der Waals surface area contributed by atoms with E-state index in [-0.39, 0.29) is 24.2 Å². The van der Waals surface area contributed by atoms with Crippen molar-refractivity contribution in [3.05, 3.63) is 76.3 Å². The fraction of sp³-hybridized carbons (Fsp3) is 0.387. The van der Waals surface area contributed by atoms with E-state index in [4.69, 9.17) is 9.47 Å². The van der Waals surface area contributed by atoms with Crippen molar-refractivity contribution in [2.75, 3.05) is 24.4 Å². The third-order valence-corrected chi connectivity index (χ3v) is 9.75. The zero-order valence-electron chi connectivity index (χ0n) is 22.5. The summed E-state index contributed by atoms with van der Waals surface area (Å²) in [7, 11) is -2.99. The molecule has 0 spiro atoms. The summed E-state index contributed by atoms with van der Waals surface area (Å²) in [6.07, 6.45) is 3.68. The van der Waals surface area contributed by atoms with Gasteiger partial charge in [-0.3, -0.25) is 4.79 Å². The van der Waals surface area contributed by atoms with Gasteiger partial charge in [0.05, 0.1) is 18.8 Å². The average Bonchev–Trinajstić information content (AvgIpc) is 3.45. The molecule has 1 aliphatic heterocycles. The van der Waals surface area contributed by atoms with Gasteiger partial charge in [-0.25, -0.2) is 8.42 Å². The van der Waals surface area contributed by atoms with Gasteiger partial charge in [0, 0.05) is 22.8 Å². The number of aryl methyl sites for hydroxylation is 2. The molecule has 1 heterocycles. The van der Waals surface area contributed by atoms with Crippen LogP contribution in [0.1, 0.15) is 59.1 Å². The Labute approximate surface area is 234 Å². The Balaban J connectivity index is 1.33. The van der Waals surface area contributed by atoms with Crippen molar-refractivity contribution in [2.24, 2.45) is 0 Å². The summed E-state index contributed by atoms with van der Waals surface area (Å²) >= 11 is 1.71. The van der Waals surface area contributed by atoms with E-state index in [0.717, 1.165) is 51.7 Å². The summed E-state index contributed by atoms with van der Waals surface area (Å²) in [5.41, 5.74) is 8.30. The second-order valence-corrected chi connectivity index (χ2v) is 13.9. The number of carboxylic acid groups (broad SMARTS) is 1. The first kappa shape index (κ1) is 27.6. The van der Waals surface area contributed by atoms with Crippen molar-refractivity contribution in [1.82, 2.24) is 0 Å². The lowest BCUT2D eigenvalue weighted by atomic mass is 9.90. The maximum Gasteiger partial charge on any atom is 0.303 e. The van der Waals surface area contributed by atoms with Crippen LogP contribution >= 0.6 is 11.8 Å². The SMILES string of the molecule is Cc1cc(OCCCS(C)(=O)=O)cc(C)c1-c1cccc2c1CC[C@H]2Oc1ccc2c(c1)SCC2CC(=O)O. The molecule has 2 aliphatic rings. The summed E-state index contributed by atoms with van der Waals surface area (Å²) in [5.74, 6) is 1.80. The molecule has 39 heavy (non-hydrogen) atoms. The molecule has 0 radical (unpaired) electrons. The molecule has 206 valence electrons. The minimum atomic E-state index is -2.99. The van der Waals surface area contributed by atoms with Gasteiger partial charge in [-0.1, -0.05) is 24.3 Å². The average molecular weight is 567 g/mol. The normalized spacial score (nSPS) is 18.0. The summed E-state index contributed by atoms with van der Waals surface area (Å²) in [5, 5.41) is 9.20. The zero-order chi connectivity index (χ0) is 27.7. The van der Waals surface area contributed by atoms with Crippen LogP contribution in [-0.2, 0) is 21.1 Å². The van der Waals surface area contributed by atoms with Crippen LogP contribution in [0.4, 0.5) is 0 Å². The highest BCUT2D eigenvalue weighted by Gasteiger charge is 2.29. The number of carboxylic acids is 1. The Bertz CT molecular complexity index is 1490. The van der Waals surface area contributed by atoms with Crippen LogP contribution in [0.5, 0.6) is 11.5 Å². The van der Waals surface area contributed by atoms with E-state index in [1.54, 1.807) is 11.8 Å². The number of sulfone groups is 1. The van der Waals surface area contributed by atoms with Crippen LogP contribution in [0.2, 0.25) is 0 Å². The van der Waals surface area contributed by atoms with Gasteiger partial charge in [0.25, 0.3) is 0 Å². The predicted octanol–water partition coefficient (Wildman–Crippen LogP) is 6.51. The van der Waals surface area contributed by atoms with Gasteiger partial charge < -0.3 is 14.6 Å². The number of rotatable bonds is 10. The Kier molecular flexibility index (Phi) is 7.96. The van der Waals surface area contributed by atoms with Gasteiger partial charge in [-0.05, 0) is 96.3 Å². The van der Waals surface area contributed by atoms with Gasteiger partial charge in [-0.2, -0.15) is 0 Å². The maximum atomic E-state index is 11.4. The summed E-state index contributed by atoms with van der Waals surface area (Å²) in [4.78, 5) is 12.3. The van der Waals surface area contributed by atoms with Gasteiger partial charge in [0.2, 0.25) is 0 Å². The standard InChI is InChI=1S/C31H34O6S2/c1-19-14-23(36-12-5-13-39(3,34)35)15-20(2)31(19)27-7-4-6-26-25(27)10-11-28(26)37-22-8-9-24-21(16-30(32)33)18-38-29(24)17-22/h4,6-9,14-15,17,21,28H,5,10-13,16,18H2,1-3H3,(H,32,33)/t21?,28-/m1/s1. The summed E-state index contributed by atoms with van der Waals surface area (Å²) < 4.78 is 35.1. The van der Waals surface area contributed by atoms with Gasteiger partial charge >= 0.3 is 5.97 Å². The molecule has 6 nitrogen and oxygen atoms in total. The molecule has 0 amide bonds. The lowest BCUT2D eigenvalue weighted by Gasteiger charge is -2.19. The zero-order valence-corrected chi connectivity index (χ0v) is 24.2. The molecule has 0 saturated carbocycles. The molecule has 2 atom stereocenters. The Morgan fingerprint density at radius 1 is 1.05 bits per heavy atom. The number of hydrogen-bond acceptors (Lipinski definition) is 6. The number of hydrogen-bond donors (Lipinski definition) is 1. The molecule has 1 unspecified atom stereocenters. The highest BCUT2D eigenvalue weighted by Crippen LogP contribution is 2.45. The molecular formula is C31H34O6S2. The predicted molar refractivity (Wildman–Crippen MR) is 155 cm³/mol. The van der Waals surface area contributed by atoms with Crippen molar-refractivity contribution in [3.63, 3.8) is 0 Å². The van der Waals surface area contributed by atoms with Gasteiger partial charge in [0.1, 0.15) is 27.4 Å². The Morgan fingerprint density at radius 3 is 2.54 bits per heavy atom. The van der Waals surface area contributed by atoms with E-state index in [9.17, 15) is 18.3 Å². The molecule has 1 aliphatic carbocycles. The monoisotopic (exact) mass is 566 g/mol. The maximum absolute atomic E-state index is 11.4. The van der Waals surface area contributed by atoms with Crippen LogP contribution in [0.3, 0.4) is 0 Å². The first-order valence-electron chi connectivity index (χ1n) is 13.3. The molecular weight excluding hydrogens is 532 g/mol. The second kappa shape index (κ2) is 11.3. The number of fused-ring (bicyclic) bond motifs is 2. The van der Waals surface area contributed by atoms with Crippen LogP contribution < -0.4 is 9.47 Å². The molecule has 5 rings (SSSR count). The fourth-order valence-corrected chi connectivity index (χ4v) is 7.71. The summed E-state index contributed by atoms with van der Waals surface area (Å²) in [6, 6.07) is 16.6. The number of thioether (sulfide) groups is 1. The molecule has 0 saturated heterocycles. The third kappa shape index (κ3) is 6.28. The highest BCUT2D eigenvalue weighted by molar-refractivity contribution is 7.99. The van der Waals surface area contributed by atoms with E-state index >= 15 is 0 Å². The Morgan fingerprint density at radius 2 is 1.82 bits per heavy atom. The van der Waals surface area contributed by atoms with E-state index < -0.39 is 15.8 Å². The largest absolute Gasteiger partial charge is 0.494 e. The fourth-order valence-electron chi connectivity index (χ4n) is 5.79. The molecule has 1 N–H and O–H groups in total. The molecule has 8 heteroatoms. The lowest BCUT2D eigenvalue weighted by Crippen LogP contribution is -2.08. The lowest BCUT2D eigenvalue weighted by molar-refractivity contribution is -0.137. The number of carbonyl (C=O) groups is 1. The van der Waals surface area contributed by atoms with E-state index in [0.29, 0.717) is 13.0 Å². The minimum absolute atomic E-state index is 0.0303. The minimum Gasteiger partial charge on any atom is -0.494 e. The van der Waals surface area contributed by atoms with Crippen molar-refractivity contribution in [2.45, 2.75) is 56.4 Å². The van der Waals surface area contributed by atoms with Crippen molar-refractivity contribution in [1.29, 1.82) is 0 Å². The van der Waals surface area contributed by atoms with Crippen LogP contribution in [0, 0.1) is 13.8 Å². The Hall–Kier alpha value is -2.97.